The van der Waals surface area contributed by atoms with E-state index in [9.17, 15) is 9.59 Å². The summed E-state index contributed by atoms with van der Waals surface area (Å²) in [5.41, 5.74) is 0. The maximum absolute atomic E-state index is 9.79. The van der Waals surface area contributed by atoms with E-state index in [2.05, 4.69) is 0 Å². The summed E-state index contributed by atoms with van der Waals surface area (Å²) in [6.45, 7) is 6.03. The lowest BCUT2D eigenvalue weighted by Gasteiger charge is -1.93. The van der Waals surface area contributed by atoms with Gasteiger partial charge in [-0.2, -0.15) is 0 Å². The minimum atomic E-state index is -0.807. The normalized spacial score (nSPS) is 9.14. The molecule has 5 nitrogen and oxygen atoms in total. The topological polar surface area (TPSA) is 83.8 Å². The predicted molar refractivity (Wildman–Crippen MR) is 51.2 cm³/mol. The van der Waals surface area contributed by atoms with E-state index < -0.39 is 11.9 Å². The van der Waals surface area contributed by atoms with E-state index in [-0.39, 0.29) is 12.3 Å². The van der Waals surface area contributed by atoms with E-state index in [0.29, 0.717) is 13.2 Å². The fraction of sp³-hybridized carbons (Fsp3) is 0.778. The highest BCUT2D eigenvalue weighted by molar-refractivity contribution is 5.68. The van der Waals surface area contributed by atoms with Gasteiger partial charge in [0.1, 0.15) is 0 Å². The van der Waals surface area contributed by atoms with Gasteiger partial charge in [0.2, 0.25) is 0 Å². The van der Waals surface area contributed by atoms with Crippen molar-refractivity contribution in [2.45, 2.75) is 27.2 Å². The number of carbonyl (C=O) groups is 2. The van der Waals surface area contributed by atoms with Crippen molar-refractivity contribution in [3.8, 4) is 0 Å². The first-order chi connectivity index (χ1) is 6.41. The SMILES string of the molecule is CC(C)C(=O)O.CCOCCC(=O)O. The lowest BCUT2D eigenvalue weighted by molar-refractivity contribution is -0.140. The van der Waals surface area contributed by atoms with Crippen molar-refractivity contribution in [2.24, 2.45) is 5.92 Å². The molecule has 0 unspecified atom stereocenters. The lowest BCUT2D eigenvalue weighted by Crippen LogP contribution is -2.03. The van der Waals surface area contributed by atoms with Gasteiger partial charge in [0.05, 0.1) is 18.9 Å². The number of hydrogen-bond donors (Lipinski definition) is 2. The Labute approximate surface area is 83.7 Å². The molecule has 0 spiro atoms. The monoisotopic (exact) mass is 206 g/mol. The van der Waals surface area contributed by atoms with Crippen LogP contribution in [-0.4, -0.2) is 35.4 Å². The number of carboxylic acid groups (broad SMARTS) is 2. The van der Waals surface area contributed by atoms with E-state index in [4.69, 9.17) is 14.9 Å². The second-order valence-corrected chi connectivity index (χ2v) is 2.83. The van der Waals surface area contributed by atoms with Crippen molar-refractivity contribution >= 4 is 11.9 Å². The van der Waals surface area contributed by atoms with Crippen LogP contribution in [0.25, 0.3) is 0 Å². The first-order valence-corrected chi connectivity index (χ1v) is 4.44. The smallest absolute Gasteiger partial charge is 0.305 e. The van der Waals surface area contributed by atoms with Crippen LogP contribution in [0.5, 0.6) is 0 Å². The van der Waals surface area contributed by atoms with Crippen molar-refractivity contribution in [3.05, 3.63) is 0 Å². The summed E-state index contributed by atoms with van der Waals surface area (Å²) in [7, 11) is 0. The molecule has 0 rings (SSSR count). The van der Waals surface area contributed by atoms with Crippen LogP contribution in [0, 0.1) is 5.92 Å². The molecule has 84 valence electrons. The van der Waals surface area contributed by atoms with Crippen LogP contribution >= 0.6 is 0 Å². The van der Waals surface area contributed by atoms with Gasteiger partial charge in [0, 0.05) is 6.61 Å². The Morgan fingerprint density at radius 3 is 1.93 bits per heavy atom. The minimum absolute atomic E-state index is 0.105. The molecule has 5 heteroatoms. The Morgan fingerprint density at radius 2 is 1.71 bits per heavy atom. The number of aliphatic carboxylic acids is 2. The Morgan fingerprint density at radius 1 is 1.29 bits per heavy atom. The summed E-state index contributed by atoms with van der Waals surface area (Å²) in [6.07, 6.45) is 0.105. The zero-order chi connectivity index (χ0) is 11.6. The largest absolute Gasteiger partial charge is 0.481 e. The Kier molecular flexibility index (Phi) is 11.0. The van der Waals surface area contributed by atoms with E-state index in [1.165, 1.54) is 0 Å². The summed E-state index contributed by atoms with van der Waals surface area (Å²) in [5.74, 6) is -1.78. The number of hydrogen-bond acceptors (Lipinski definition) is 3. The van der Waals surface area contributed by atoms with Gasteiger partial charge >= 0.3 is 11.9 Å². The van der Waals surface area contributed by atoms with Crippen LogP contribution in [-0.2, 0) is 14.3 Å². The van der Waals surface area contributed by atoms with Gasteiger partial charge < -0.3 is 14.9 Å². The van der Waals surface area contributed by atoms with E-state index in [1.54, 1.807) is 13.8 Å². The van der Waals surface area contributed by atoms with Crippen LogP contribution < -0.4 is 0 Å². The fourth-order valence-electron chi connectivity index (χ4n) is 0.304. The van der Waals surface area contributed by atoms with Crippen LogP contribution in [0.4, 0.5) is 0 Å². The Bertz CT molecular complexity index is 165. The zero-order valence-electron chi connectivity index (χ0n) is 8.82. The van der Waals surface area contributed by atoms with Gasteiger partial charge in [-0.3, -0.25) is 9.59 Å². The van der Waals surface area contributed by atoms with Crippen LogP contribution in [0.15, 0.2) is 0 Å². The average Bonchev–Trinajstić information content (AvgIpc) is 2.05. The van der Waals surface area contributed by atoms with E-state index in [0.717, 1.165) is 0 Å². The average molecular weight is 206 g/mol. The number of ether oxygens (including phenoxy) is 1. The molecule has 0 aliphatic carbocycles. The summed E-state index contributed by atoms with van der Waals surface area (Å²) < 4.78 is 4.76. The molecule has 14 heavy (non-hydrogen) atoms. The molecule has 0 saturated carbocycles. The molecule has 0 aromatic carbocycles. The van der Waals surface area contributed by atoms with Crippen LogP contribution in [0.1, 0.15) is 27.2 Å². The molecule has 0 saturated heterocycles. The molecular weight excluding hydrogens is 188 g/mol. The van der Waals surface area contributed by atoms with Gasteiger partial charge in [0.25, 0.3) is 0 Å². The van der Waals surface area contributed by atoms with Crippen molar-refractivity contribution in [1.82, 2.24) is 0 Å². The second-order valence-electron chi connectivity index (χ2n) is 2.83. The first kappa shape index (κ1) is 15.4. The first-order valence-electron chi connectivity index (χ1n) is 4.44. The molecule has 0 atom stereocenters. The van der Waals surface area contributed by atoms with Crippen molar-refractivity contribution in [2.75, 3.05) is 13.2 Å². The van der Waals surface area contributed by atoms with Gasteiger partial charge in [0.15, 0.2) is 0 Å². The highest BCUT2D eigenvalue weighted by Crippen LogP contribution is 1.87. The highest BCUT2D eigenvalue weighted by Gasteiger charge is 1.99. The molecule has 0 aromatic rings. The maximum Gasteiger partial charge on any atom is 0.305 e. The summed E-state index contributed by atoms with van der Waals surface area (Å²) in [4.78, 5) is 19.5. The molecule has 0 heterocycles. The Balaban J connectivity index is 0. The highest BCUT2D eigenvalue weighted by atomic mass is 16.5. The van der Waals surface area contributed by atoms with Crippen LogP contribution in [0.3, 0.4) is 0 Å². The molecule has 0 aliphatic heterocycles. The standard InChI is InChI=1S/C5H10O3.C4H8O2/c1-2-8-4-3-5(6)7;1-3(2)4(5)6/h2-4H2,1H3,(H,6,7);3H,1-2H3,(H,5,6). The third-order valence-corrected chi connectivity index (χ3v) is 1.16. The van der Waals surface area contributed by atoms with Gasteiger partial charge in [-0.15, -0.1) is 0 Å². The molecule has 0 fully saturated rings. The van der Waals surface area contributed by atoms with Crippen molar-refractivity contribution in [1.29, 1.82) is 0 Å². The Hall–Kier alpha value is -1.10. The summed E-state index contributed by atoms with van der Waals surface area (Å²) >= 11 is 0. The van der Waals surface area contributed by atoms with Crippen molar-refractivity contribution in [3.63, 3.8) is 0 Å². The van der Waals surface area contributed by atoms with E-state index in [1.807, 2.05) is 6.92 Å². The molecule has 0 aromatic heterocycles. The van der Waals surface area contributed by atoms with Gasteiger partial charge in [-0.25, -0.2) is 0 Å². The van der Waals surface area contributed by atoms with Gasteiger partial charge in [-0.1, -0.05) is 13.8 Å². The minimum Gasteiger partial charge on any atom is -0.481 e. The fourth-order valence-corrected chi connectivity index (χ4v) is 0.304. The molecular formula is C9H18O5. The molecule has 0 radical (unpaired) electrons. The lowest BCUT2D eigenvalue weighted by atomic mass is 10.2. The van der Waals surface area contributed by atoms with Crippen LogP contribution in [0.2, 0.25) is 0 Å². The zero-order valence-corrected chi connectivity index (χ0v) is 8.82. The predicted octanol–water partition coefficient (Wildman–Crippen LogP) is 1.22. The second kappa shape index (κ2) is 9.98. The number of carboxylic acids is 2. The molecule has 0 aliphatic rings. The molecule has 0 bridgehead atoms. The summed E-state index contributed by atoms with van der Waals surface area (Å²) in [5, 5.41) is 16.1. The third-order valence-electron chi connectivity index (χ3n) is 1.16. The number of rotatable bonds is 5. The van der Waals surface area contributed by atoms with E-state index >= 15 is 0 Å². The summed E-state index contributed by atoms with van der Waals surface area (Å²) in [6, 6.07) is 0. The quantitative estimate of drug-likeness (QED) is 0.661. The van der Waals surface area contributed by atoms with Crippen molar-refractivity contribution < 1.29 is 24.5 Å². The molecule has 0 amide bonds. The molecule has 2 N–H and O–H groups in total. The van der Waals surface area contributed by atoms with Gasteiger partial charge in [-0.05, 0) is 6.92 Å². The third kappa shape index (κ3) is 17.1. The maximum atomic E-state index is 9.79.